The molecule has 1 amide bonds. The number of hydrogen-bond acceptors (Lipinski definition) is 7. The van der Waals surface area contributed by atoms with Crippen LogP contribution in [0.2, 0.25) is 0 Å². The Bertz CT molecular complexity index is 1320. The molecule has 1 saturated carbocycles. The van der Waals surface area contributed by atoms with Crippen molar-refractivity contribution in [1.82, 2.24) is 4.98 Å². The van der Waals surface area contributed by atoms with Crippen LogP contribution in [0.25, 0.3) is 5.76 Å². The Balaban J connectivity index is 1.51. The summed E-state index contributed by atoms with van der Waals surface area (Å²) in [7, 11) is 0. The van der Waals surface area contributed by atoms with Gasteiger partial charge in [-0.05, 0) is 67.9 Å². The van der Waals surface area contributed by atoms with Crippen molar-refractivity contribution in [3.8, 4) is 6.07 Å². The molecule has 186 valence electrons. The number of aliphatic hydroxyl groups is 2. The van der Waals surface area contributed by atoms with Crippen molar-refractivity contribution in [3.05, 3.63) is 59.4 Å². The molecule has 36 heavy (non-hydrogen) atoms. The average Bonchev–Trinajstić information content (AvgIpc) is 3.06. The first-order chi connectivity index (χ1) is 17.1. The number of nitriles is 1. The summed E-state index contributed by atoms with van der Waals surface area (Å²) in [5, 5.41) is 28.6. The fourth-order valence-corrected chi connectivity index (χ4v) is 5.10. The van der Waals surface area contributed by atoms with Gasteiger partial charge < -0.3 is 19.8 Å². The highest BCUT2D eigenvalue weighted by molar-refractivity contribution is 7.81. The summed E-state index contributed by atoms with van der Waals surface area (Å²) in [6.07, 6.45) is -2.77. The van der Waals surface area contributed by atoms with Crippen LogP contribution in [0.15, 0.2) is 42.6 Å². The minimum Gasteiger partial charge on any atom is -0.490 e. The monoisotopic (exact) mass is 516 g/mol. The van der Waals surface area contributed by atoms with Crippen molar-refractivity contribution in [2.45, 2.75) is 43.2 Å². The first-order valence-corrected chi connectivity index (χ1v) is 11.4. The molecule has 1 spiro atoms. The maximum Gasteiger partial charge on any atom is 0.419 e. The second-order valence-electron chi connectivity index (χ2n) is 8.79. The molecule has 5 rings (SSSR count). The lowest BCUT2D eigenvalue weighted by atomic mass is 9.75. The van der Waals surface area contributed by atoms with Crippen LogP contribution < -0.4 is 9.80 Å². The molecule has 3 aliphatic rings. The molecule has 1 saturated heterocycles. The largest absolute Gasteiger partial charge is 0.490 e. The number of hydrogen-bond donors (Lipinski definition) is 2. The molecule has 2 fully saturated rings. The van der Waals surface area contributed by atoms with E-state index in [9.17, 15) is 28.2 Å². The predicted molar refractivity (Wildman–Crippen MR) is 125 cm³/mol. The normalized spacial score (nSPS) is 23.3. The Morgan fingerprint density at radius 3 is 2.44 bits per heavy atom. The minimum absolute atomic E-state index is 0.0127. The van der Waals surface area contributed by atoms with Crippen molar-refractivity contribution in [1.29, 1.82) is 5.26 Å². The zero-order valence-electron chi connectivity index (χ0n) is 18.6. The molecule has 0 radical (unpaired) electrons. The zero-order valence-corrected chi connectivity index (χ0v) is 19.4. The molecule has 2 N–H and O–H groups in total. The molecule has 2 aromatic rings. The van der Waals surface area contributed by atoms with Gasteiger partial charge in [0.2, 0.25) is 0 Å². The fourth-order valence-electron chi connectivity index (χ4n) is 4.63. The number of thiocarbonyl (C=S) groups is 1. The number of carbonyl (C=O) groups excluding carboxylic acids is 1. The number of aliphatic hydroxyl groups excluding tert-OH is 2. The second-order valence-corrected chi connectivity index (χ2v) is 9.15. The number of carbonyl (C=O) groups is 1. The molecule has 3 heterocycles. The standard InChI is InChI=1S/C24H19F3N4O4S/c25-24(26,27)16-8-15(11-29-17(16)10-28)30-21(34)23(6-1-7-23)31(22(30)36)14-4-2-13(3-5-14)20-9-18(32)19(33)12-35-20/h2-5,8-9,11,18-19,32-33H,1,6-7,12H2/t18-,19-/m1/s1. The number of benzene rings is 1. The topological polar surface area (TPSA) is 110 Å². The molecule has 2 aliphatic heterocycles. The number of halogens is 3. The van der Waals surface area contributed by atoms with Gasteiger partial charge in [0, 0.05) is 11.3 Å². The van der Waals surface area contributed by atoms with Crippen LogP contribution in [-0.2, 0) is 15.7 Å². The average molecular weight is 517 g/mol. The number of amides is 1. The summed E-state index contributed by atoms with van der Waals surface area (Å²) in [6.45, 7) is -0.0594. The van der Waals surface area contributed by atoms with Crippen LogP contribution in [0, 0.1) is 11.3 Å². The highest BCUT2D eigenvalue weighted by Gasteiger charge is 2.59. The third-order valence-electron chi connectivity index (χ3n) is 6.67. The number of aromatic nitrogens is 1. The van der Waals surface area contributed by atoms with Gasteiger partial charge >= 0.3 is 6.18 Å². The van der Waals surface area contributed by atoms with Gasteiger partial charge in [0.05, 0.1) is 17.4 Å². The number of rotatable bonds is 3. The molecule has 2 atom stereocenters. The summed E-state index contributed by atoms with van der Waals surface area (Å²) >= 11 is 5.60. The van der Waals surface area contributed by atoms with Crippen molar-refractivity contribution >= 4 is 40.4 Å². The van der Waals surface area contributed by atoms with Crippen molar-refractivity contribution in [2.24, 2.45) is 0 Å². The molecule has 1 aliphatic carbocycles. The fraction of sp³-hybridized carbons (Fsp3) is 0.333. The maximum atomic E-state index is 13.5. The third-order valence-corrected chi connectivity index (χ3v) is 7.04. The molecule has 8 nitrogen and oxygen atoms in total. The van der Waals surface area contributed by atoms with Gasteiger partial charge in [-0.15, -0.1) is 0 Å². The van der Waals surface area contributed by atoms with Gasteiger partial charge in [-0.25, -0.2) is 4.98 Å². The van der Waals surface area contributed by atoms with Crippen LogP contribution in [0.4, 0.5) is 24.5 Å². The quantitative estimate of drug-likeness (QED) is 0.599. The predicted octanol–water partition coefficient (Wildman–Crippen LogP) is 3.13. The first kappa shape index (κ1) is 24.2. The van der Waals surface area contributed by atoms with Crippen LogP contribution in [0.1, 0.15) is 36.1 Å². The Labute approximate surface area is 208 Å². The lowest BCUT2D eigenvalue weighted by Crippen LogP contribution is -2.55. The van der Waals surface area contributed by atoms with Crippen LogP contribution in [0.5, 0.6) is 0 Å². The van der Waals surface area contributed by atoms with Crippen LogP contribution in [-0.4, -0.2) is 50.6 Å². The van der Waals surface area contributed by atoms with E-state index in [0.717, 1.165) is 23.6 Å². The zero-order chi connectivity index (χ0) is 25.8. The van der Waals surface area contributed by atoms with Gasteiger partial charge in [0.1, 0.15) is 36.2 Å². The number of alkyl halides is 3. The number of pyridine rings is 1. The molecular weight excluding hydrogens is 497 g/mol. The summed E-state index contributed by atoms with van der Waals surface area (Å²) in [6, 6.07) is 8.98. The first-order valence-electron chi connectivity index (χ1n) is 11.0. The van der Waals surface area contributed by atoms with E-state index >= 15 is 0 Å². The Hall–Kier alpha value is -3.53. The van der Waals surface area contributed by atoms with E-state index in [2.05, 4.69) is 4.98 Å². The molecule has 0 bridgehead atoms. The lowest BCUT2D eigenvalue weighted by molar-refractivity contribution is -0.138. The van der Waals surface area contributed by atoms with Gasteiger partial charge in [-0.1, -0.05) is 0 Å². The summed E-state index contributed by atoms with van der Waals surface area (Å²) < 4.78 is 46.1. The van der Waals surface area contributed by atoms with E-state index in [1.165, 1.54) is 12.1 Å². The van der Waals surface area contributed by atoms with E-state index in [1.54, 1.807) is 29.2 Å². The van der Waals surface area contributed by atoms with Crippen LogP contribution in [0.3, 0.4) is 0 Å². The SMILES string of the molecule is N#Cc1ncc(N2C(=O)C3(CCC3)N(c3ccc(C4=C[C@@H](O)[C@H](O)CO4)cc3)C2=S)cc1C(F)(F)F. The Kier molecular flexibility index (Phi) is 5.74. The smallest absolute Gasteiger partial charge is 0.419 e. The molecular formula is C24H19F3N4O4S. The number of nitrogens with zero attached hydrogens (tertiary/aromatic N) is 4. The maximum absolute atomic E-state index is 13.5. The highest BCUT2D eigenvalue weighted by Crippen LogP contribution is 2.48. The van der Waals surface area contributed by atoms with Crippen molar-refractivity contribution < 1.29 is 32.9 Å². The minimum atomic E-state index is -4.83. The van der Waals surface area contributed by atoms with E-state index in [-0.39, 0.29) is 17.4 Å². The third kappa shape index (κ3) is 3.71. The molecule has 1 aromatic heterocycles. The van der Waals surface area contributed by atoms with E-state index in [0.29, 0.717) is 29.9 Å². The summed E-state index contributed by atoms with van der Waals surface area (Å²) in [5.41, 5.74) is -2.01. The second kappa shape index (κ2) is 8.55. The molecule has 1 aromatic carbocycles. The van der Waals surface area contributed by atoms with E-state index in [4.69, 9.17) is 22.2 Å². The van der Waals surface area contributed by atoms with E-state index < -0.39 is 41.1 Å². The Morgan fingerprint density at radius 2 is 1.89 bits per heavy atom. The highest BCUT2D eigenvalue weighted by atomic mass is 32.1. The van der Waals surface area contributed by atoms with Gasteiger partial charge in [-0.2, -0.15) is 18.4 Å². The van der Waals surface area contributed by atoms with Gasteiger partial charge in [-0.3, -0.25) is 9.69 Å². The molecule has 12 heteroatoms. The number of anilines is 2. The lowest BCUT2D eigenvalue weighted by Gasteiger charge is -2.43. The van der Waals surface area contributed by atoms with Crippen molar-refractivity contribution in [3.63, 3.8) is 0 Å². The summed E-state index contributed by atoms with van der Waals surface area (Å²) in [5.74, 6) is -0.0550. The van der Waals surface area contributed by atoms with Gasteiger partial charge in [0.25, 0.3) is 5.91 Å². The number of ether oxygens (including phenoxy) is 1. The Morgan fingerprint density at radius 1 is 1.19 bits per heavy atom. The summed E-state index contributed by atoms with van der Waals surface area (Å²) in [4.78, 5) is 19.9. The van der Waals surface area contributed by atoms with Gasteiger partial charge in [0.15, 0.2) is 10.8 Å². The van der Waals surface area contributed by atoms with E-state index in [1.807, 2.05) is 0 Å². The molecule has 0 unspecified atom stereocenters. The van der Waals surface area contributed by atoms with Crippen molar-refractivity contribution in [2.75, 3.05) is 16.4 Å². The van der Waals surface area contributed by atoms with Crippen LogP contribution >= 0.6 is 12.2 Å².